The first-order valence-corrected chi connectivity index (χ1v) is 4.31. The molecule has 2 nitrogen and oxygen atoms in total. The first-order chi connectivity index (χ1) is 5.85. The van der Waals surface area contributed by atoms with E-state index in [-0.39, 0.29) is 0 Å². The fourth-order valence-corrected chi connectivity index (χ4v) is 0.901. The highest BCUT2D eigenvalue weighted by Gasteiger charge is 1.86. The Labute approximate surface area is 74.4 Å². The molecule has 0 radical (unpaired) electrons. The molecule has 12 heavy (non-hydrogen) atoms. The summed E-state index contributed by atoms with van der Waals surface area (Å²) in [5.41, 5.74) is 1.43. The van der Waals surface area contributed by atoms with Gasteiger partial charge in [-0.2, -0.15) is 0 Å². The van der Waals surface area contributed by atoms with Gasteiger partial charge < -0.3 is 5.32 Å². The molecule has 0 unspecified atom stereocenters. The molecule has 2 heteroatoms. The third-order valence-electron chi connectivity index (χ3n) is 1.73. The van der Waals surface area contributed by atoms with Crippen molar-refractivity contribution in [1.29, 1.82) is 0 Å². The van der Waals surface area contributed by atoms with E-state index >= 15 is 0 Å². The smallest absolute Gasteiger partial charge is 0.207 e. The molecular formula is C10H17NO. The predicted molar refractivity (Wildman–Crippen MR) is 51.9 cm³/mol. The molecule has 0 aromatic rings. The SMILES string of the molecule is C/C=C(/CC)C/C=C\CNC=O. The predicted octanol–water partition coefficient (Wildman–Crippen LogP) is 2.04. The van der Waals surface area contributed by atoms with Crippen LogP contribution >= 0.6 is 0 Å². The lowest BCUT2D eigenvalue weighted by Gasteiger charge is -1.97. The standard InChI is InChI=1S/C10H17NO/c1-3-10(4-2)7-5-6-8-11-9-12/h3,5-6,9H,4,7-8H2,1-2H3,(H,11,12)/b6-5-,10-3-. The van der Waals surface area contributed by atoms with E-state index < -0.39 is 0 Å². The van der Waals surface area contributed by atoms with Crippen LogP contribution in [-0.2, 0) is 4.79 Å². The number of nitrogens with one attached hydrogen (secondary N) is 1. The summed E-state index contributed by atoms with van der Waals surface area (Å²) in [6.45, 7) is 4.83. The van der Waals surface area contributed by atoms with Crippen LogP contribution in [0, 0.1) is 0 Å². The summed E-state index contributed by atoms with van der Waals surface area (Å²) in [6, 6.07) is 0. The summed E-state index contributed by atoms with van der Waals surface area (Å²) in [5.74, 6) is 0. The lowest BCUT2D eigenvalue weighted by atomic mass is 10.1. The van der Waals surface area contributed by atoms with E-state index in [0.717, 1.165) is 12.8 Å². The topological polar surface area (TPSA) is 29.1 Å². The van der Waals surface area contributed by atoms with Crippen molar-refractivity contribution in [3.05, 3.63) is 23.8 Å². The van der Waals surface area contributed by atoms with E-state index in [9.17, 15) is 4.79 Å². The van der Waals surface area contributed by atoms with Crippen LogP contribution in [0.1, 0.15) is 26.7 Å². The number of carbonyl (C=O) groups is 1. The van der Waals surface area contributed by atoms with Gasteiger partial charge in [-0.1, -0.05) is 30.7 Å². The van der Waals surface area contributed by atoms with Gasteiger partial charge in [0.15, 0.2) is 0 Å². The maximum absolute atomic E-state index is 9.86. The van der Waals surface area contributed by atoms with Gasteiger partial charge in [0.05, 0.1) is 0 Å². The van der Waals surface area contributed by atoms with Gasteiger partial charge in [-0.25, -0.2) is 0 Å². The minimum absolute atomic E-state index is 0.629. The molecule has 0 fully saturated rings. The summed E-state index contributed by atoms with van der Waals surface area (Å²) in [6.07, 6.45) is 8.98. The molecule has 0 atom stereocenters. The Bertz CT molecular complexity index is 171. The molecular weight excluding hydrogens is 150 g/mol. The van der Waals surface area contributed by atoms with Gasteiger partial charge in [0.1, 0.15) is 0 Å². The number of amides is 1. The maximum atomic E-state index is 9.86. The Balaban J connectivity index is 3.51. The van der Waals surface area contributed by atoms with Gasteiger partial charge in [0, 0.05) is 6.54 Å². The molecule has 0 heterocycles. The molecule has 68 valence electrons. The van der Waals surface area contributed by atoms with Crippen LogP contribution in [0.2, 0.25) is 0 Å². The molecule has 0 aromatic heterocycles. The summed E-state index contributed by atoms with van der Waals surface area (Å²) in [7, 11) is 0. The van der Waals surface area contributed by atoms with Crippen LogP contribution in [0.25, 0.3) is 0 Å². The monoisotopic (exact) mass is 167 g/mol. The van der Waals surface area contributed by atoms with E-state index in [1.54, 1.807) is 0 Å². The van der Waals surface area contributed by atoms with E-state index in [1.807, 2.05) is 6.08 Å². The number of hydrogen-bond acceptors (Lipinski definition) is 1. The highest BCUT2D eigenvalue weighted by atomic mass is 16.1. The minimum atomic E-state index is 0.629. The van der Waals surface area contributed by atoms with Gasteiger partial charge in [-0.05, 0) is 19.8 Å². The molecule has 0 aromatic carbocycles. The summed E-state index contributed by atoms with van der Waals surface area (Å²) in [5, 5.41) is 2.57. The molecule has 0 spiro atoms. The Morgan fingerprint density at radius 2 is 2.17 bits per heavy atom. The van der Waals surface area contributed by atoms with E-state index in [1.165, 1.54) is 5.57 Å². The Morgan fingerprint density at radius 1 is 1.42 bits per heavy atom. The largest absolute Gasteiger partial charge is 0.355 e. The normalized spacial score (nSPS) is 12.0. The van der Waals surface area contributed by atoms with Crippen molar-refractivity contribution < 1.29 is 4.79 Å². The molecule has 0 aliphatic carbocycles. The van der Waals surface area contributed by atoms with Crippen LogP contribution in [-0.4, -0.2) is 13.0 Å². The Morgan fingerprint density at radius 3 is 2.67 bits per heavy atom. The molecule has 0 bridgehead atoms. The Kier molecular flexibility index (Phi) is 7.35. The second kappa shape index (κ2) is 8.05. The zero-order valence-corrected chi connectivity index (χ0v) is 7.84. The van der Waals surface area contributed by atoms with Crippen LogP contribution in [0.3, 0.4) is 0 Å². The zero-order valence-electron chi connectivity index (χ0n) is 7.84. The van der Waals surface area contributed by atoms with Crippen molar-refractivity contribution in [3.8, 4) is 0 Å². The zero-order chi connectivity index (χ0) is 9.23. The highest BCUT2D eigenvalue weighted by Crippen LogP contribution is 2.05. The second-order valence-electron chi connectivity index (χ2n) is 2.50. The van der Waals surface area contributed by atoms with E-state index in [2.05, 4.69) is 31.3 Å². The lowest BCUT2D eigenvalue weighted by molar-refractivity contribution is -0.109. The molecule has 0 aliphatic heterocycles. The summed E-state index contributed by atoms with van der Waals surface area (Å²) in [4.78, 5) is 9.86. The van der Waals surface area contributed by atoms with Gasteiger partial charge in [0.2, 0.25) is 6.41 Å². The second-order valence-corrected chi connectivity index (χ2v) is 2.50. The first kappa shape index (κ1) is 11.0. The van der Waals surface area contributed by atoms with Crippen LogP contribution in [0.5, 0.6) is 0 Å². The van der Waals surface area contributed by atoms with E-state index in [0.29, 0.717) is 13.0 Å². The maximum Gasteiger partial charge on any atom is 0.207 e. The van der Waals surface area contributed by atoms with Crippen molar-refractivity contribution in [2.24, 2.45) is 0 Å². The molecule has 1 N–H and O–H groups in total. The van der Waals surface area contributed by atoms with Crippen LogP contribution in [0.15, 0.2) is 23.8 Å². The highest BCUT2D eigenvalue weighted by molar-refractivity contribution is 5.46. The third kappa shape index (κ3) is 5.71. The van der Waals surface area contributed by atoms with Crippen molar-refractivity contribution >= 4 is 6.41 Å². The molecule has 0 saturated carbocycles. The van der Waals surface area contributed by atoms with Crippen molar-refractivity contribution in [2.75, 3.05) is 6.54 Å². The van der Waals surface area contributed by atoms with E-state index in [4.69, 9.17) is 0 Å². The number of allylic oxidation sites excluding steroid dienone is 3. The van der Waals surface area contributed by atoms with Gasteiger partial charge in [-0.15, -0.1) is 0 Å². The summed E-state index contributed by atoms with van der Waals surface area (Å²) >= 11 is 0. The summed E-state index contributed by atoms with van der Waals surface area (Å²) < 4.78 is 0. The van der Waals surface area contributed by atoms with Gasteiger partial charge in [-0.3, -0.25) is 4.79 Å². The minimum Gasteiger partial charge on any atom is -0.355 e. The molecule has 0 saturated heterocycles. The quantitative estimate of drug-likeness (QED) is 0.366. The fourth-order valence-electron chi connectivity index (χ4n) is 0.901. The first-order valence-electron chi connectivity index (χ1n) is 4.31. The van der Waals surface area contributed by atoms with Crippen LogP contribution in [0.4, 0.5) is 0 Å². The Hall–Kier alpha value is -1.05. The lowest BCUT2D eigenvalue weighted by Crippen LogP contribution is -2.09. The number of rotatable bonds is 6. The number of carbonyl (C=O) groups excluding carboxylic acids is 1. The van der Waals surface area contributed by atoms with Crippen molar-refractivity contribution in [3.63, 3.8) is 0 Å². The van der Waals surface area contributed by atoms with Crippen molar-refractivity contribution in [2.45, 2.75) is 26.7 Å². The van der Waals surface area contributed by atoms with Gasteiger partial charge in [0.25, 0.3) is 0 Å². The molecule has 1 amide bonds. The third-order valence-corrected chi connectivity index (χ3v) is 1.73. The number of hydrogen-bond donors (Lipinski definition) is 1. The average molecular weight is 167 g/mol. The molecule has 0 rings (SSSR count). The van der Waals surface area contributed by atoms with Crippen LogP contribution < -0.4 is 5.32 Å². The molecule has 0 aliphatic rings. The van der Waals surface area contributed by atoms with Crippen molar-refractivity contribution in [1.82, 2.24) is 5.32 Å². The van der Waals surface area contributed by atoms with Gasteiger partial charge >= 0.3 is 0 Å². The average Bonchev–Trinajstić information content (AvgIpc) is 2.11. The fraction of sp³-hybridized carbons (Fsp3) is 0.500.